The molecule has 172 valence electrons. The van der Waals surface area contributed by atoms with E-state index in [0.29, 0.717) is 5.56 Å². The molecule has 0 spiro atoms. The highest BCUT2D eigenvalue weighted by atomic mass is 35.5. The number of hydrogen-bond donors (Lipinski definition) is 1. The van der Waals surface area contributed by atoms with Crippen LogP contribution in [0.1, 0.15) is 40.7 Å². The summed E-state index contributed by atoms with van der Waals surface area (Å²) in [4.78, 5) is 17.9. The summed E-state index contributed by atoms with van der Waals surface area (Å²) in [6.07, 6.45) is 4.91. The topological polar surface area (TPSA) is 35.6 Å². The predicted octanol–water partition coefficient (Wildman–Crippen LogP) is 6.01. The molecule has 0 bridgehead atoms. The Morgan fingerprint density at radius 2 is 1.70 bits per heavy atom. The van der Waals surface area contributed by atoms with E-state index in [0.717, 1.165) is 38.3 Å². The van der Waals surface area contributed by atoms with Gasteiger partial charge in [-0.05, 0) is 78.9 Å². The molecule has 0 aliphatic carbocycles. The summed E-state index contributed by atoms with van der Waals surface area (Å²) in [5, 5.41) is 3.12. The van der Waals surface area contributed by atoms with Crippen LogP contribution in [-0.4, -0.2) is 37.5 Å². The smallest absolute Gasteiger partial charge is 0.255 e. The number of likely N-dealkylation sites (N-methyl/N-ethyl adjacent to an activating group) is 1. The van der Waals surface area contributed by atoms with E-state index in [1.165, 1.54) is 47.2 Å². The molecular formula is C28H32ClN3O. The lowest BCUT2D eigenvalue weighted by Gasteiger charge is -2.27. The Morgan fingerprint density at radius 3 is 2.48 bits per heavy atom. The number of rotatable bonds is 5. The van der Waals surface area contributed by atoms with Gasteiger partial charge >= 0.3 is 0 Å². The number of likely N-dealkylation sites (tertiary alicyclic amines) is 1. The van der Waals surface area contributed by atoms with Gasteiger partial charge in [0.15, 0.2) is 0 Å². The summed E-state index contributed by atoms with van der Waals surface area (Å²) in [7, 11) is 2.10. The minimum atomic E-state index is -0.0508. The van der Waals surface area contributed by atoms with E-state index in [9.17, 15) is 4.79 Å². The summed E-state index contributed by atoms with van der Waals surface area (Å²) >= 11 is 0. The Morgan fingerprint density at radius 1 is 0.909 bits per heavy atom. The maximum atomic E-state index is 13.1. The number of nitrogens with zero attached hydrogens (tertiary/aromatic N) is 2. The number of nitrogens with one attached hydrogen (secondary N) is 1. The number of hydrogen-bond acceptors (Lipinski definition) is 3. The number of carbonyl (C=O) groups is 1. The number of fused-ring (bicyclic) bond motifs is 1. The molecule has 33 heavy (non-hydrogen) atoms. The zero-order valence-electron chi connectivity index (χ0n) is 19.2. The monoisotopic (exact) mass is 461 g/mol. The fourth-order valence-corrected chi connectivity index (χ4v) is 4.94. The van der Waals surface area contributed by atoms with Crippen LogP contribution < -0.4 is 10.2 Å². The minimum Gasteiger partial charge on any atom is -0.374 e. The number of halogens is 1. The van der Waals surface area contributed by atoms with Crippen LogP contribution in [0, 0.1) is 0 Å². The molecule has 3 aromatic carbocycles. The zero-order valence-corrected chi connectivity index (χ0v) is 20.0. The molecule has 1 N–H and O–H groups in total. The third kappa shape index (κ3) is 5.23. The van der Waals surface area contributed by atoms with E-state index in [2.05, 4.69) is 70.7 Å². The summed E-state index contributed by atoms with van der Waals surface area (Å²) in [5.74, 6) is -0.0508. The average molecular weight is 462 g/mol. The predicted molar refractivity (Wildman–Crippen MR) is 140 cm³/mol. The molecule has 3 aromatic rings. The van der Waals surface area contributed by atoms with Crippen LogP contribution in [0.5, 0.6) is 0 Å². The van der Waals surface area contributed by atoms with Gasteiger partial charge in [-0.25, -0.2) is 0 Å². The van der Waals surface area contributed by atoms with Gasteiger partial charge in [0.1, 0.15) is 0 Å². The standard InChI is InChI=1S/C28H31N3O.ClH/c1-30-17-14-22-10-12-25(19-27(22)30)29-28(32)23-11-13-26(21-8-4-2-5-9-21)24(18-23)20-31-15-6-3-7-16-31;/h2,4-5,8-13,18-19H,3,6-7,14-17,20H2,1H3,(H,29,32);1H. The number of amides is 1. The second kappa shape index (κ2) is 10.4. The Hall–Kier alpha value is -2.82. The van der Waals surface area contributed by atoms with Crippen LogP contribution in [0.3, 0.4) is 0 Å². The zero-order chi connectivity index (χ0) is 21.9. The van der Waals surface area contributed by atoms with Crippen LogP contribution in [0.15, 0.2) is 66.7 Å². The van der Waals surface area contributed by atoms with Gasteiger partial charge in [-0.3, -0.25) is 9.69 Å². The summed E-state index contributed by atoms with van der Waals surface area (Å²) in [5.41, 5.74) is 7.77. The molecule has 0 aromatic heterocycles. The summed E-state index contributed by atoms with van der Waals surface area (Å²) in [6, 6.07) is 22.9. The van der Waals surface area contributed by atoms with Crippen LogP contribution >= 0.6 is 12.4 Å². The second-order valence-corrected chi connectivity index (χ2v) is 9.04. The normalized spacial score (nSPS) is 15.6. The first kappa shape index (κ1) is 23.3. The minimum absolute atomic E-state index is 0. The first-order valence-corrected chi connectivity index (χ1v) is 11.7. The van der Waals surface area contributed by atoms with Crippen molar-refractivity contribution in [2.75, 3.05) is 36.9 Å². The first-order valence-electron chi connectivity index (χ1n) is 11.7. The molecule has 1 saturated heterocycles. The number of anilines is 2. The molecule has 4 nitrogen and oxygen atoms in total. The molecule has 1 amide bonds. The molecule has 2 aliphatic heterocycles. The van der Waals surface area contributed by atoms with Crippen molar-refractivity contribution in [3.8, 4) is 11.1 Å². The maximum absolute atomic E-state index is 13.1. The largest absolute Gasteiger partial charge is 0.374 e. The quantitative estimate of drug-likeness (QED) is 0.505. The SMILES string of the molecule is CN1CCc2ccc(NC(=O)c3ccc(-c4ccccc4)c(CN4CCCCC4)c3)cc21.Cl. The van der Waals surface area contributed by atoms with Crippen molar-refractivity contribution in [3.05, 3.63) is 83.4 Å². The molecule has 5 heteroatoms. The highest BCUT2D eigenvalue weighted by Gasteiger charge is 2.18. The number of carbonyl (C=O) groups excluding carboxylic acids is 1. The van der Waals surface area contributed by atoms with E-state index in [1.54, 1.807) is 0 Å². The van der Waals surface area contributed by atoms with Crippen LogP contribution in [0.2, 0.25) is 0 Å². The van der Waals surface area contributed by atoms with Crippen molar-refractivity contribution in [3.63, 3.8) is 0 Å². The van der Waals surface area contributed by atoms with Gasteiger partial charge < -0.3 is 10.2 Å². The summed E-state index contributed by atoms with van der Waals surface area (Å²) in [6.45, 7) is 4.18. The van der Waals surface area contributed by atoms with Gasteiger partial charge in [0, 0.05) is 37.1 Å². The molecule has 0 radical (unpaired) electrons. The lowest BCUT2D eigenvalue weighted by atomic mass is 9.96. The van der Waals surface area contributed by atoms with Crippen LogP contribution in [-0.2, 0) is 13.0 Å². The molecule has 1 fully saturated rings. The van der Waals surface area contributed by atoms with Gasteiger partial charge in [0.05, 0.1) is 0 Å². The van der Waals surface area contributed by atoms with Gasteiger partial charge in [-0.2, -0.15) is 0 Å². The van der Waals surface area contributed by atoms with Crippen molar-refractivity contribution in [1.82, 2.24) is 4.90 Å². The third-order valence-electron chi connectivity index (χ3n) is 6.77. The van der Waals surface area contributed by atoms with E-state index in [1.807, 2.05) is 18.2 Å². The van der Waals surface area contributed by atoms with Gasteiger partial charge in [-0.15, -0.1) is 12.4 Å². The second-order valence-electron chi connectivity index (χ2n) is 9.04. The van der Waals surface area contributed by atoms with Gasteiger partial charge in [0.2, 0.25) is 0 Å². The Balaban J connectivity index is 0.00000259. The van der Waals surface area contributed by atoms with Crippen molar-refractivity contribution in [2.45, 2.75) is 32.2 Å². The van der Waals surface area contributed by atoms with Crippen molar-refractivity contribution < 1.29 is 4.79 Å². The fraction of sp³-hybridized carbons (Fsp3) is 0.321. The number of piperidine rings is 1. The molecule has 2 heterocycles. The molecule has 0 unspecified atom stereocenters. The van der Waals surface area contributed by atoms with Crippen molar-refractivity contribution in [2.24, 2.45) is 0 Å². The highest BCUT2D eigenvalue weighted by Crippen LogP contribution is 2.30. The number of benzene rings is 3. The van der Waals surface area contributed by atoms with E-state index in [4.69, 9.17) is 0 Å². The Kier molecular flexibility index (Phi) is 7.36. The van der Waals surface area contributed by atoms with Gasteiger partial charge in [0.25, 0.3) is 5.91 Å². The molecular weight excluding hydrogens is 430 g/mol. The van der Waals surface area contributed by atoms with Crippen molar-refractivity contribution >= 4 is 29.7 Å². The average Bonchev–Trinajstić information content (AvgIpc) is 3.20. The Labute approximate surface area is 203 Å². The maximum Gasteiger partial charge on any atom is 0.255 e. The first-order chi connectivity index (χ1) is 15.7. The van der Waals surface area contributed by atoms with Crippen LogP contribution in [0.25, 0.3) is 11.1 Å². The lowest BCUT2D eigenvalue weighted by Crippen LogP contribution is -2.29. The van der Waals surface area contributed by atoms with Crippen molar-refractivity contribution in [1.29, 1.82) is 0 Å². The lowest BCUT2D eigenvalue weighted by molar-refractivity contribution is 0.102. The van der Waals surface area contributed by atoms with E-state index >= 15 is 0 Å². The fourth-order valence-electron chi connectivity index (χ4n) is 4.94. The third-order valence-corrected chi connectivity index (χ3v) is 6.77. The van der Waals surface area contributed by atoms with Crippen LogP contribution in [0.4, 0.5) is 11.4 Å². The molecule has 0 atom stereocenters. The Bertz CT molecular complexity index is 1110. The molecule has 2 aliphatic rings. The van der Waals surface area contributed by atoms with Gasteiger partial charge in [-0.1, -0.05) is 48.9 Å². The molecule has 5 rings (SSSR count). The van der Waals surface area contributed by atoms with E-state index < -0.39 is 0 Å². The van der Waals surface area contributed by atoms with E-state index in [-0.39, 0.29) is 18.3 Å². The summed E-state index contributed by atoms with van der Waals surface area (Å²) < 4.78 is 0. The molecule has 0 saturated carbocycles. The highest BCUT2D eigenvalue weighted by molar-refractivity contribution is 6.05.